The van der Waals surface area contributed by atoms with Gasteiger partial charge in [-0.1, -0.05) is 36.4 Å². The van der Waals surface area contributed by atoms with E-state index in [9.17, 15) is 13.2 Å². The predicted octanol–water partition coefficient (Wildman–Crippen LogP) is 6.09. The van der Waals surface area contributed by atoms with Gasteiger partial charge in [-0.25, -0.2) is 15.0 Å². The van der Waals surface area contributed by atoms with Crippen molar-refractivity contribution in [2.45, 2.75) is 37.4 Å². The highest BCUT2D eigenvalue weighted by Crippen LogP contribution is 2.51. The fourth-order valence-electron chi connectivity index (χ4n) is 4.36. The molecule has 0 bridgehead atoms. The number of anilines is 1. The second-order valence-corrected chi connectivity index (χ2v) is 8.48. The third-order valence-electron chi connectivity index (χ3n) is 6.18. The van der Waals surface area contributed by atoms with E-state index in [1.807, 2.05) is 18.2 Å². The SMILES string of the molecule is FC(F)(F)c1ccccc1-c1cc(NC2=NC3(CC3)C(C3CC3)=N2)c2ccccc2n1. The number of alkyl halides is 3. The summed E-state index contributed by atoms with van der Waals surface area (Å²) in [6, 6.07) is 14.6. The van der Waals surface area contributed by atoms with Gasteiger partial charge in [0.15, 0.2) is 0 Å². The number of fused-ring (bicyclic) bond motifs is 1. The molecule has 1 aromatic heterocycles. The first-order valence-corrected chi connectivity index (χ1v) is 10.5. The van der Waals surface area contributed by atoms with Crippen LogP contribution in [0.5, 0.6) is 0 Å². The van der Waals surface area contributed by atoms with Gasteiger partial charge in [0, 0.05) is 10.9 Å². The Morgan fingerprint density at radius 3 is 2.45 bits per heavy atom. The van der Waals surface area contributed by atoms with E-state index in [0.29, 0.717) is 23.1 Å². The van der Waals surface area contributed by atoms with E-state index < -0.39 is 11.7 Å². The van der Waals surface area contributed by atoms with Gasteiger partial charge in [0.1, 0.15) is 5.54 Å². The number of nitrogens with one attached hydrogen (secondary N) is 1. The van der Waals surface area contributed by atoms with Gasteiger partial charge in [0.05, 0.1) is 28.2 Å². The molecule has 1 N–H and O–H groups in total. The molecule has 0 amide bonds. The van der Waals surface area contributed by atoms with Crippen molar-refractivity contribution in [3.05, 3.63) is 60.2 Å². The second-order valence-electron chi connectivity index (χ2n) is 8.48. The van der Waals surface area contributed by atoms with E-state index >= 15 is 0 Å². The molecule has 7 heteroatoms. The Bertz CT molecular complexity index is 1270. The average Bonchev–Trinajstić information content (AvgIpc) is 3.67. The Kier molecular flexibility index (Phi) is 3.82. The zero-order valence-corrected chi connectivity index (χ0v) is 16.6. The summed E-state index contributed by atoms with van der Waals surface area (Å²) in [6.07, 6.45) is -0.0849. The largest absolute Gasteiger partial charge is 0.417 e. The van der Waals surface area contributed by atoms with E-state index in [0.717, 1.165) is 24.3 Å². The number of aromatic nitrogens is 1. The first kappa shape index (κ1) is 18.5. The molecule has 3 aromatic rings. The van der Waals surface area contributed by atoms with Crippen molar-refractivity contribution in [2.24, 2.45) is 15.9 Å². The maximum atomic E-state index is 13.6. The third kappa shape index (κ3) is 3.19. The number of guanidine groups is 1. The van der Waals surface area contributed by atoms with Crippen LogP contribution in [0.4, 0.5) is 18.9 Å². The van der Waals surface area contributed by atoms with Gasteiger partial charge in [-0.3, -0.25) is 0 Å². The number of pyridine rings is 1. The van der Waals surface area contributed by atoms with Gasteiger partial charge in [-0.05, 0) is 49.8 Å². The molecule has 0 unspecified atom stereocenters. The monoisotopic (exact) mass is 420 g/mol. The Morgan fingerprint density at radius 1 is 0.968 bits per heavy atom. The van der Waals surface area contributed by atoms with Crippen molar-refractivity contribution in [2.75, 3.05) is 5.32 Å². The van der Waals surface area contributed by atoms with Gasteiger partial charge in [-0.15, -0.1) is 0 Å². The topological polar surface area (TPSA) is 49.6 Å². The summed E-state index contributed by atoms with van der Waals surface area (Å²) in [5.41, 5.74) is 1.94. The number of nitrogens with zero attached hydrogens (tertiary/aromatic N) is 3. The lowest BCUT2D eigenvalue weighted by Gasteiger charge is -2.15. The summed E-state index contributed by atoms with van der Waals surface area (Å²) >= 11 is 0. The van der Waals surface area contributed by atoms with Crippen LogP contribution >= 0.6 is 0 Å². The maximum Gasteiger partial charge on any atom is 0.417 e. The molecular weight excluding hydrogens is 401 g/mol. The highest BCUT2D eigenvalue weighted by atomic mass is 19.4. The number of para-hydroxylation sites is 1. The Hall–Kier alpha value is -3.22. The lowest BCUT2D eigenvalue weighted by Crippen LogP contribution is -2.18. The number of benzene rings is 2. The summed E-state index contributed by atoms with van der Waals surface area (Å²) in [6.45, 7) is 0. The predicted molar refractivity (Wildman–Crippen MR) is 115 cm³/mol. The third-order valence-corrected chi connectivity index (χ3v) is 6.18. The van der Waals surface area contributed by atoms with Crippen LogP contribution in [0.2, 0.25) is 0 Å². The zero-order chi connectivity index (χ0) is 21.2. The molecule has 1 aliphatic heterocycles. The molecule has 2 heterocycles. The van der Waals surface area contributed by atoms with Crippen molar-refractivity contribution in [3.63, 3.8) is 0 Å². The Labute approximate surface area is 176 Å². The van der Waals surface area contributed by atoms with Crippen molar-refractivity contribution in [1.82, 2.24) is 4.98 Å². The minimum absolute atomic E-state index is 0.0537. The van der Waals surface area contributed by atoms with Crippen LogP contribution in [0.15, 0.2) is 64.6 Å². The lowest BCUT2D eigenvalue weighted by molar-refractivity contribution is -0.137. The normalized spacial score (nSPS) is 19.5. The molecule has 0 atom stereocenters. The van der Waals surface area contributed by atoms with Crippen molar-refractivity contribution in [1.29, 1.82) is 0 Å². The van der Waals surface area contributed by atoms with Crippen LogP contribution in [0, 0.1) is 5.92 Å². The standard InChI is InChI=1S/C24H19F3N4/c25-24(26,27)17-7-3-1-5-15(17)19-13-20(16-6-2-4-8-18(16)28-19)29-22-30-21(14-9-10-14)23(31-22)11-12-23/h1-8,13-14H,9-12H2,(H,28,29,31). The van der Waals surface area contributed by atoms with E-state index in [2.05, 4.69) is 10.3 Å². The fourth-order valence-corrected chi connectivity index (χ4v) is 4.36. The summed E-state index contributed by atoms with van der Waals surface area (Å²) < 4.78 is 40.8. The maximum absolute atomic E-state index is 13.6. The first-order valence-electron chi connectivity index (χ1n) is 10.5. The molecule has 156 valence electrons. The van der Waals surface area contributed by atoms with Crippen LogP contribution in [0.25, 0.3) is 22.2 Å². The fraction of sp³-hybridized carbons (Fsp3) is 0.292. The lowest BCUT2D eigenvalue weighted by atomic mass is 10.0. The number of hydrogen-bond acceptors (Lipinski definition) is 4. The molecule has 4 nitrogen and oxygen atoms in total. The summed E-state index contributed by atoms with van der Waals surface area (Å²) in [5.74, 6) is 1.08. The van der Waals surface area contributed by atoms with Crippen LogP contribution < -0.4 is 5.32 Å². The van der Waals surface area contributed by atoms with E-state index in [4.69, 9.17) is 9.98 Å². The average molecular weight is 420 g/mol. The quantitative estimate of drug-likeness (QED) is 0.558. The van der Waals surface area contributed by atoms with Crippen molar-refractivity contribution >= 4 is 28.3 Å². The van der Waals surface area contributed by atoms with Gasteiger partial charge in [0.2, 0.25) is 5.96 Å². The number of hydrogen-bond donors (Lipinski definition) is 1. The molecular formula is C24H19F3N4. The molecule has 1 spiro atoms. The Morgan fingerprint density at radius 2 is 1.71 bits per heavy atom. The smallest absolute Gasteiger partial charge is 0.324 e. The Balaban J connectivity index is 1.46. The molecule has 2 saturated carbocycles. The van der Waals surface area contributed by atoms with Gasteiger partial charge >= 0.3 is 6.18 Å². The molecule has 3 aliphatic rings. The molecule has 2 aromatic carbocycles. The minimum atomic E-state index is -4.46. The summed E-state index contributed by atoms with van der Waals surface area (Å²) in [7, 11) is 0. The van der Waals surface area contributed by atoms with Crippen LogP contribution in [0.3, 0.4) is 0 Å². The molecule has 6 rings (SSSR count). The molecule has 2 aliphatic carbocycles. The van der Waals surface area contributed by atoms with E-state index in [-0.39, 0.29) is 16.8 Å². The first-order chi connectivity index (χ1) is 14.9. The molecule has 0 radical (unpaired) electrons. The van der Waals surface area contributed by atoms with E-state index in [1.165, 1.54) is 30.7 Å². The van der Waals surface area contributed by atoms with Crippen LogP contribution in [-0.2, 0) is 6.18 Å². The van der Waals surface area contributed by atoms with Gasteiger partial charge in [0.25, 0.3) is 0 Å². The molecule has 31 heavy (non-hydrogen) atoms. The van der Waals surface area contributed by atoms with Gasteiger partial charge < -0.3 is 5.32 Å². The number of aliphatic imine (C=N–C) groups is 2. The highest BCUT2D eigenvalue weighted by Gasteiger charge is 2.55. The highest BCUT2D eigenvalue weighted by molar-refractivity contribution is 6.16. The number of halogens is 3. The van der Waals surface area contributed by atoms with E-state index in [1.54, 1.807) is 18.2 Å². The zero-order valence-electron chi connectivity index (χ0n) is 16.6. The molecule has 2 fully saturated rings. The minimum Gasteiger partial charge on any atom is -0.324 e. The number of rotatable bonds is 3. The van der Waals surface area contributed by atoms with Crippen LogP contribution in [-0.4, -0.2) is 22.2 Å². The van der Waals surface area contributed by atoms with Crippen LogP contribution in [0.1, 0.15) is 31.2 Å². The van der Waals surface area contributed by atoms with Crippen molar-refractivity contribution < 1.29 is 13.2 Å². The molecule has 0 saturated heterocycles. The summed E-state index contributed by atoms with van der Waals surface area (Å²) in [5, 5.41) is 4.12. The second kappa shape index (κ2) is 6.39. The van der Waals surface area contributed by atoms with Crippen molar-refractivity contribution in [3.8, 4) is 11.3 Å². The summed E-state index contributed by atoms with van der Waals surface area (Å²) in [4.78, 5) is 14.2. The van der Waals surface area contributed by atoms with Gasteiger partial charge in [-0.2, -0.15) is 13.2 Å².